The SMILES string of the molecule is CCCCCCCC(C)OC(C)(C)OC. The first-order valence-electron chi connectivity index (χ1n) is 6.24. The third-order valence-electron chi connectivity index (χ3n) is 2.69. The summed E-state index contributed by atoms with van der Waals surface area (Å²) in [5.74, 6) is -0.442. The summed E-state index contributed by atoms with van der Waals surface area (Å²) in [6, 6.07) is 0. The average Bonchev–Trinajstić information content (AvgIpc) is 2.17. The summed E-state index contributed by atoms with van der Waals surface area (Å²) in [6.07, 6.45) is 8.05. The summed E-state index contributed by atoms with van der Waals surface area (Å²) < 4.78 is 11.0. The predicted octanol–water partition coefficient (Wildman–Crippen LogP) is 4.13. The van der Waals surface area contributed by atoms with Gasteiger partial charge in [0.05, 0.1) is 6.10 Å². The lowest BCUT2D eigenvalue weighted by atomic mass is 10.1. The largest absolute Gasteiger partial charge is 0.354 e. The minimum Gasteiger partial charge on any atom is -0.354 e. The summed E-state index contributed by atoms with van der Waals surface area (Å²) >= 11 is 0. The molecule has 0 saturated heterocycles. The molecule has 2 heteroatoms. The Morgan fingerprint density at radius 3 is 2.20 bits per heavy atom. The van der Waals surface area contributed by atoms with E-state index in [9.17, 15) is 0 Å². The molecule has 15 heavy (non-hydrogen) atoms. The molecule has 1 unspecified atom stereocenters. The molecule has 0 saturated carbocycles. The van der Waals surface area contributed by atoms with Crippen LogP contribution < -0.4 is 0 Å². The normalized spacial score (nSPS) is 14.2. The van der Waals surface area contributed by atoms with Gasteiger partial charge in [-0.05, 0) is 27.2 Å². The molecule has 0 bridgehead atoms. The Kier molecular flexibility index (Phi) is 8.07. The van der Waals surface area contributed by atoms with Crippen molar-refractivity contribution in [1.29, 1.82) is 0 Å². The molecular weight excluding hydrogens is 188 g/mol. The Morgan fingerprint density at radius 1 is 1.07 bits per heavy atom. The van der Waals surface area contributed by atoms with Crippen molar-refractivity contribution in [1.82, 2.24) is 0 Å². The zero-order chi connectivity index (χ0) is 11.7. The third kappa shape index (κ3) is 8.88. The molecule has 0 radical (unpaired) electrons. The van der Waals surface area contributed by atoms with Gasteiger partial charge in [-0.3, -0.25) is 0 Å². The van der Waals surface area contributed by atoms with E-state index in [4.69, 9.17) is 9.47 Å². The van der Waals surface area contributed by atoms with Crippen molar-refractivity contribution in [3.05, 3.63) is 0 Å². The van der Waals surface area contributed by atoms with E-state index in [1.807, 2.05) is 13.8 Å². The van der Waals surface area contributed by atoms with E-state index in [1.54, 1.807) is 7.11 Å². The maximum Gasteiger partial charge on any atom is 0.162 e. The highest BCUT2D eigenvalue weighted by Gasteiger charge is 2.19. The Morgan fingerprint density at radius 2 is 1.67 bits per heavy atom. The molecule has 0 aromatic heterocycles. The Bertz CT molecular complexity index is 143. The van der Waals surface area contributed by atoms with Gasteiger partial charge < -0.3 is 9.47 Å². The summed E-state index contributed by atoms with van der Waals surface area (Å²) in [7, 11) is 1.69. The van der Waals surface area contributed by atoms with Gasteiger partial charge in [0.25, 0.3) is 0 Å². The van der Waals surface area contributed by atoms with Crippen molar-refractivity contribution in [2.24, 2.45) is 0 Å². The highest BCUT2D eigenvalue weighted by atomic mass is 16.7. The average molecular weight is 216 g/mol. The van der Waals surface area contributed by atoms with Crippen LogP contribution in [0.5, 0.6) is 0 Å². The lowest BCUT2D eigenvalue weighted by Crippen LogP contribution is -2.31. The molecule has 1 atom stereocenters. The number of hydrogen-bond acceptors (Lipinski definition) is 2. The quantitative estimate of drug-likeness (QED) is 0.426. The number of unbranched alkanes of at least 4 members (excludes halogenated alkanes) is 4. The Labute approximate surface area is 95.3 Å². The molecule has 0 fully saturated rings. The Hall–Kier alpha value is -0.0800. The summed E-state index contributed by atoms with van der Waals surface area (Å²) in [4.78, 5) is 0. The summed E-state index contributed by atoms with van der Waals surface area (Å²) in [6.45, 7) is 8.29. The van der Waals surface area contributed by atoms with Crippen LogP contribution in [-0.2, 0) is 9.47 Å². The number of hydrogen-bond donors (Lipinski definition) is 0. The lowest BCUT2D eigenvalue weighted by molar-refractivity contribution is -0.220. The van der Waals surface area contributed by atoms with Gasteiger partial charge in [-0.15, -0.1) is 0 Å². The second kappa shape index (κ2) is 8.12. The second-order valence-corrected chi connectivity index (χ2v) is 4.74. The third-order valence-corrected chi connectivity index (χ3v) is 2.69. The first-order chi connectivity index (χ1) is 7.02. The van der Waals surface area contributed by atoms with Crippen LogP contribution in [0.25, 0.3) is 0 Å². The molecule has 0 aromatic carbocycles. The van der Waals surface area contributed by atoms with E-state index < -0.39 is 5.79 Å². The van der Waals surface area contributed by atoms with Crippen LogP contribution in [0, 0.1) is 0 Å². The lowest BCUT2D eigenvalue weighted by Gasteiger charge is -2.27. The van der Waals surface area contributed by atoms with Crippen LogP contribution in [0.3, 0.4) is 0 Å². The van der Waals surface area contributed by atoms with E-state index in [1.165, 1.54) is 32.1 Å². The molecule has 0 N–H and O–H groups in total. The van der Waals surface area contributed by atoms with Crippen molar-refractivity contribution in [2.75, 3.05) is 7.11 Å². The van der Waals surface area contributed by atoms with Gasteiger partial charge in [-0.25, -0.2) is 0 Å². The molecule has 2 nitrogen and oxygen atoms in total. The zero-order valence-corrected chi connectivity index (χ0v) is 11.1. The molecule has 0 aliphatic rings. The molecule has 0 rings (SSSR count). The number of methoxy groups -OCH3 is 1. The number of ether oxygens (including phenoxy) is 2. The van der Waals surface area contributed by atoms with Gasteiger partial charge in [-0.1, -0.05) is 39.0 Å². The van der Waals surface area contributed by atoms with E-state index in [2.05, 4.69) is 13.8 Å². The standard InChI is InChI=1S/C13H28O2/c1-6-7-8-9-10-11-12(2)15-13(3,4)14-5/h12H,6-11H2,1-5H3. The van der Waals surface area contributed by atoms with Gasteiger partial charge in [0, 0.05) is 7.11 Å². The fourth-order valence-corrected chi connectivity index (χ4v) is 1.63. The van der Waals surface area contributed by atoms with E-state index >= 15 is 0 Å². The van der Waals surface area contributed by atoms with E-state index in [-0.39, 0.29) is 0 Å². The van der Waals surface area contributed by atoms with Gasteiger partial charge >= 0.3 is 0 Å². The van der Waals surface area contributed by atoms with Crippen LogP contribution in [0.1, 0.15) is 66.2 Å². The van der Waals surface area contributed by atoms with Crippen molar-refractivity contribution in [3.8, 4) is 0 Å². The van der Waals surface area contributed by atoms with Crippen LogP contribution in [0.15, 0.2) is 0 Å². The monoisotopic (exact) mass is 216 g/mol. The van der Waals surface area contributed by atoms with E-state index in [0.717, 1.165) is 6.42 Å². The van der Waals surface area contributed by atoms with Gasteiger partial charge in [-0.2, -0.15) is 0 Å². The maximum atomic E-state index is 5.77. The minimum atomic E-state index is -0.442. The molecular formula is C13H28O2. The topological polar surface area (TPSA) is 18.5 Å². The van der Waals surface area contributed by atoms with Crippen molar-refractivity contribution in [2.45, 2.75) is 78.1 Å². The second-order valence-electron chi connectivity index (χ2n) is 4.74. The van der Waals surface area contributed by atoms with E-state index in [0.29, 0.717) is 6.10 Å². The van der Waals surface area contributed by atoms with Crippen LogP contribution in [0.2, 0.25) is 0 Å². The number of rotatable bonds is 9. The summed E-state index contributed by atoms with van der Waals surface area (Å²) in [5, 5.41) is 0. The molecule has 0 heterocycles. The fourth-order valence-electron chi connectivity index (χ4n) is 1.63. The van der Waals surface area contributed by atoms with Crippen molar-refractivity contribution >= 4 is 0 Å². The minimum absolute atomic E-state index is 0.293. The predicted molar refractivity (Wildman–Crippen MR) is 65.0 cm³/mol. The highest BCUT2D eigenvalue weighted by molar-refractivity contribution is 4.58. The van der Waals surface area contributed by atoms with Gasteiger partial charge in [0.1, 0.15) is 0 Å². The van der Waals surface area contributed by atoms with Crippen LogP contribution in [-0.4, -0.2) is 19.0 Å². The molecule has 0 aromatic rings. The molecule has 0 aliphatic heterocycles. The van der Waals surface area contributed by atoms with Crippen molar-refractivity contribution < 1.29 is 9.47 Å². The molecule has 0 aliphatic carbocycles. The first-order valence-corrected chi connectivity index (χ1v) is 6.24. The maximum absolute atomic E-state index is 5.77. The summed E-state index contributed by atoms with van der Waals surface area (Å²) in [5.41, 5.74) is 0. The smallest absolute Gasteiger partial charge is 0.162 e. The van der Waals surface area contributed by atoms with Gasteiger partial charge in [0.2, 0.25) is 0 Å². The first kappa shape index (κ1) is 14.9. The van der Waals surface area contributed by atoms with Crippen LogP contribution >= 0.6 is 0 Å². The fraction of sp³-hybridized carbons (Fsp3) is 1.00. The highest BCUT2D eigenvalue weighted by Crippen LogP contribution is 2.16. The zero-order valence-electron chi connectivity index (χ0n) is 11.1. The molecule has 92 valence electrons. The Balaban J connectivity index is 3.45. The van der Waals surface area contributed by atoms with Crippen molar-refractivity contribution in [3.63, 3.8) is 0 Å². The van der Waals surface area contributed by atoms with Crippen LogP contribution in [0.4, 0.5) is 0 Å². The molecule has 0 spiro atoms. The van der Waals surface area contributed by atoms with Gasteiger partial charge in [0.15, 0.2) is 5.79 Å². The molecule has 0 amide bonds.